The highest BCUT2D eigenvalue weighted by Gasteiger charge is 2.17. The summed E-state index contributed by atoms with van der Waals surface area (Å²) >= 11 is 0. The molecule has 0 amide bonds. The summed E-state index contributed by atoms with van der Waals surface area (Å²) in [6.07, 6.45) is 1.07. The molecule has 5 nitrogen and oxygen atoms in total. The summed E-state index contributed by atoms with van der Waals surface area (Å²) < 4.78 is 0. The van der Waals surface area contributed by atoms with Gasteiger partial charge in [-0.3, -0.25) is 5.41 Å². The maximum Gasteiger partial charge on any atom is 0.162 e. The number of nitrogens with zero attached hydrogens (tertiary/aromatic N) is 3. The van der Waals surface area contributed by atoms with Crippen LogP contribution in [0.2, 0.25) is 0 Å². The van der Waals surface area contributed by atoms with Gasteiger partial charge in [-0.25, -0.2) is 0 Å². The average molecular weight is 249 g/mol. The molecule has 5 heteroatoms. The molecule has 0 atom stereocenters. The minimum Gasteiger partial charge on any atom is -0.384 e. The zero-order valence-corrected chi connectivity index (χ0v) is 11.9. The molecule has 0 bridgehead atoms. The average Bonchev–Trinajstić information content (AvgIpc) is 2.28. The topological polar surface area (TPSA) is 78.9 Å². The van der Waals surface area contributed by atoms with Gasteiger partial charge in [-0.15, -0.1) is 5.10 Å². The normalized spacial score (nSPS) is 10.8. The summed E-state index contributed by atoms with van der Waals surface area (Å²) in [4.78, 5) is 2.02. The molecule has 100 valence electrons. The number of aromatic nitrogens is 2. The third-order valence-corrected chi connectivity index (χ3v) is 3.11. The molecule has 3 N–H and O–H groups in total. The number of amidine groups is 1. The van der Waals surface area contributed by atoms with Crippen LogP contribution in [0.15, 0.2) is 0 Å². The lowest BCUT2D eigenvalue weighted by molar-refractivity contribution is 0.582. The van der Waals surface area contributed by atoms with Crippen LogP contribution in [-0.4, -0.2) is 29.6 Å². The standard InChI is InChI=1S/C13H23N5/c1-8(2)6-7-18(5)13-11(12(14)15)9(3)10(4)16-17-13/h8H,6-7H2,1-5H3,(H3,14,15). The third kappa shape index (κ3) is 3.18. The SMILES string of the molecule is Cc1nnc(N(C)CCC(C)C)c(C(=N)N)c1C. The van der Waals surface area contributed by atoms with E-state index in [0.29, 0.717) is 17.3 Å². The van der Waals surface area contributed by atoms with Crippen molar-refractivity contribution in [3.63, 3.8) is 0 Å². The van der Waals surface area contributed by atoms with Crippen LogP contribution in [0.5, 0.6) is 0 Å². The molecule has 0 fully saturated rings. The number of nitrogens with two attached hydrogens (primary N) is 1. The minimum atomic E-state index is 0.0527. The molecule has 1 aromatic heterocycles. The maximum atomic E-state index is 7.71. The number of hydrogen-bond acceptors (Lipinski definition) is 4. The smallest absolute Gasteiger partial charge is 0.162 e. The molecule has 0 unspecified atom stereocenters. The van der Waals surface area contributed by atoms with E-state index in [4.69, 9.17) is 11.1 Å². The number of rotatable bonds is 5. The Bertz CT molecular complexity index is 439. The molecule has 18 heavy (non-hydrogen) atoms. The summed E-state index contributed by atoms with van der Waals surface area (Å²) in [5.74, 6) is 1.39. The Morgan fingerprint density at radius 3 is 2.44 bits per heavy atom. The van der Waals surface area contributed by atoms with Crippen LogP contribution < -0.4 is 10.6 Å². The van der Waals surface area contributed by atoms with Gasteiger partial charge >= 0.3 is 0 Å². The van der Waals surface area contributed by atoms with Gasteiger partial charge in [0.15, 0.2) is 5.82 Å². The van der Waals surface area contributed by atoms with E-state index >= 15 is 0 Å². The number of aryl methyl sites for hydroxylation is 1. The fourth-order valence-corrected chi connectivity index (χ4v) is 1.74. The van der Waals surface area contributed by atoms with Gasteiger partial charge in [0.25, 0.3) is 0 Å². The van der Waals surface area contributed by atoms with E-state index < -0.39 is 0 Å². The highest BCUT2D eigenvalue weighted by atomic mass is 15.2. The first-order valence-electron chi connectivity index (χ1n) is 6.24. The van der Waals surface area contributed by atoms with Crippen molar-refractivity contribution in [2.24, 2.45) is 11.7 Å². The second-order valence-electron chi connectivity index (χ2n) is 5.13. The minimum absolute atomic E-state index is 0.0527. The van der Waals surface area contributed by atoms with Crippen molar-refractivity contribution in [2.75, 3.05) is 18.5 Å². The van der Waals surface area contributed by atoms with Gasteiger partial charge in [0.1, 0.15) is 5.84 Å². The molecule has 1 heterocycles. The lowest BCUT2D eigenvalue weighted by atomic mass is 10.1. The number of anilines is 1. The van der Waals surface area contributed by atoms with E-state index in [-0.39, 0.29) is 5.84 Å². The molecule has 1 aromatic rings. The Morgan fingerprint density at radius 1 is 1.33 bits per heavy atom. The second-order valence-corrected chi connectivity index (χ2v) is 5.13. The molecule has 0 aliphatic heterocycles. The predicted octanol–water partition coefficient (Wildman–Crippen LogP) is 1.86. The highest BCUT2D eigenvalue weighted by Crippen LogP contribution is 2.21. The van der Waals surface area contributed by atoms with Crippen LogP contribution >= 0.6 is 0 Å². The van der Waals surface area contributed by atoms with Crippen molar-refractivity contribution in [1.82, 2.24) is 10.2 Å². The lowest BCUT2D eigenvalue weighted by Gasteiger charge is -2.22. The molecule has 0 saturated heterocycles. The lowest BCUT2D eigenvalue weighted by Crippen LogP contribution is -2.27. The first kappa shape index (κ1) is 14.4. The van der Waals surface area contributed by atoms with Crippen LogP contribution in [0, 0.1) is 25.2 Å². The monoisotopic (exact) mass is 249 g/mol. The zero-order chi connectivity index (χ0) is 13.9. The highest BCUT2D eigenvalue weighted by molar-refractivity contribution is 6.01. The van der Waals surface area contributed by atoms with E-state index in [9.17, 15) is 0 Å². The van der Waals surface area contributed by atoms with E-state index in [1.54, 1.807) is 0 Å². The third-order valence-electron chi connectivity index (χ3n) is 3.11. The fraction of sp³-hybridized carbons (Fsp3) is 0.615. The summed E-state index contributed by atoms with van der Waals surface area (Å²) in [7, 11) is 1.97. The summed E-state index contributed by atoms with van der Waals surface area (Å²) in [6, 6.07) is 0. The van der Waals surface area contributed by atoms with Gasteiger partial charge < -0.3 is 10.6 Å². The fourth-order valence-electron chi connectivity index (χ4n) is 1.74. The Morgan fingerprint density at radius 2 is 1.94 bits per heavy atom. The van der Waals surface area contributed by atoms with Gasteiger partial charge in [0.2, 0.25) is 0 Å². The zero-order valence-electron chi connectivity index (χ0n) is 11.9. The summed E-state index contributed by atoms with van der Waals surface area (Å²) in [6.45, 7) is 9.07. The van der Waals surface area contributed by atoms with Crippen molar-refractivity contribution in [1.29, 1.82) is 5.41 Å². The largest absolute Gasteiger partial charge is 0.384 e. The predicted molar refractivity (Wildman–Crippen MR) is 75.2 cm³/mol. The van der Waals surface area contributed by atoms with E-state index in [1.165, 1.54) is 0 Å². The quantitative estimate of drug-likeness (QED) is 0.616. The van der Waals surface area contributed by atoms with Crippen LogP contribution in [0.4, 0.5) is 5.82 Å². The first-order valence-corrected chi connectivity index (χ1v) is 6.24. The van der Waals surface area contributed by atoms with Gasteiger partial charge in [-0.05, 0) is 31.7 Å². The summed E-state index contributed by atoms with van der Waals surface area (Å²) in [5, 5.41) is 16.0. The first-order chi connectivity index (χ1) is 8.34. The molecule has 0 aliphatic rings. The van der Waals surface area contributed by atoms with E-state index in [0.717, 1.165) is 24.2 Å². The summed E-state index contributed by atoms with van der Waals surface area (Å²) in [5.41, 5.74) is 8.12. The number of hydrogen-bond donors (Lipinski definition) is 2. The van der Waals surface area contributed by atoms with E-state index in [1.807, 2.05) is 25.8 Å². The van der Waals surface area contributed by atoms with Crippen molar-refractivity contribution in [2.45, 2.75) is 34.1 Å². The van der Waals surface area contributed by atoms with Crippen molar-refractivity contribution in [3.8, 4) is 0 Å². The second kappa shape index (κ2) is 5.80. The molecule has 0 saturated carbocycles. The van der Waals surface area contributed by atoms with Gasteiger partial charge in [0, 0.05) is 13.6 Å². The molecule has 0 radical (unpaired) electrons. The maximum absolute atomic E-state index is 7.71. The number of nitrogens with one attached hydrogen (secondary N) is 1. The molecule has 0 aromatic carbocycles. The van der Waals surface area contributed by atoms with Crippen LogP contribution in [-0.2, 0) is 0 Å². The van der Waals surface area contributed by atoms with Crippen molar-refractivity contribution < 1.29 is 0 Å². The van der Waals surface area contributed by atoms with Crippen molar-refractivity contribution in [3.05, 3.63) is 16.8 Å². The van der Waals surface area contributed by atoms with Crippen LogP contribution in [0.25, 0.3) is 0 Å². The van der Waals surface area contributed by atoms with Gasteiger partial charge in [0.05, 0.1) is 11.3 Å². The number of nitrogen functional groups attached to an aromatic ring is 1. The van der Waals surface area contributed by atoms with Gasteiger partial charge in [-0.2, -0.15) is 5.10 Å². The Balaban J connectivity index is 3.08. The molecular formula is C13H23N5. The van der Waals surface area contributed by atoms with Crippen molar-refractivity contribution >= 4 is 11.7 Å². The molecule has 0 aliphatic carbocycles. The Hall–Kier alpha value is -1.65. The molecule has 1 rings (SSSR count). The van der Waals surface area contributed by atoms with Crippen LogP contribution in [0.3, 0.4) is 0 Å². The molecule has 0 spiro atoms. The van der Waals surface area contributed by atoms with Gasteiger partial charge in [-0.1, -0.05) is 13.8 Å². The Kier molecular flexibility index (Phi) is 4.64. The molecular weight excluding hydrogens is 226 g/mol. The van der Waals surface area contributed by atoms with Crippen LogP contribution in [0.1, 0.15) is 37.1 Å². The van der Waals surface area contributed by atoms with E-state index in [2.05, 4.69) is 24.0 Å². The Labute approximate surface area is 109 Å².